The molecule has 0 nitrogen and oxygen atoms in total. The fourth-order valence-corrected chi connectivity index (χ4v) is 1.37. The highest BCUT2D eigenvalue weighted by Gasteiger charge is 2.38. The monoisotopic (exact) mass is 222 g/mol. The second-order valence-corrected chi connectivity index (χ2v) is 4.81. The van der Waals surface area contributed by atoms with Crippen molar-refractivity contribution < 1.29 is 13.2 Å². The molecule has 1 unspecified atom stereocenters. The van der Waals surface area contributed by atoms with Gasteiger partial charge in [0, 0.05) is 0 Å². The SMILES string of the molecule is CCC(C)(C)/C(C)=C(\C)C(C)C(F)(F)F. The predicted octanol–water partition coefficient (Wildman–Crippen LogP) is 4.96. The molecule has 1 atom stereocenters. The average Bonchev–Trinajstić information content (AvgIpc) is 2.12. The highest BCUT2D eigenvalue weighted by Crippen LogP contribution is 2.38. The summed E-state index contributed by atoms with van der Waals surface area (Å²) in [4.78, 5) is 0. The van der Waals surface area contributed by atoms with Crippen molar-refractivity contribution in [2.45, 2.75) is 54.1 Å². The Bertz CT molecular complexity index is 246. The van der Waals surface area contributed by atoms with Crippen molar-refractivity contribution in [2.75, 3.05) is 0 Å². The van der Waals surface area contributed by atoms with Gasteiger partial charge in [0.2, 0.25) is 0 Å². The Kier molecular flexibility index (Phi) is 4.44. The van der Waals surface area contributed by atoms with E-state index in [-0.39, 0.29) is 5.41 Å². The van der Waals surface area contributed by atoms with Crippen LogP contribution >= 0.6 is 0 Å². The summed E-state index contributed by atoms with van der Waals surface area (Å²) in [5.41, 5.74) is 1.16. The lowest BCUT2D eigenvalue weighted by atomic mass is 9.78. The summed E-state index contributed by atoms with van der Waals surface area (Å²) in [6, 6.07) is 0. The molecule has 0 aliphatic heterocycles. The van der Waals surface area contributed by atoms with Crippen LogP contribution in [0.5, 0.6) is 0 Å². The van der Waals surface area contributed by atoms with Crippen LogP contribution in [0.1, 0.15) is 48.0 Å². The van der Waals surface area contributed by atoms with E-state index in [0.717, 1.165) is 12.0 Å². The smallest absolute Gasteiger partial charge is 0.170 e. The number of allylic oxidation sites excluding steroid dienone is 2. The quantitative estimate of drug-likeness (QED) is 0.592. The first-order valence-electron chi connectivity index (χ1n) is 5.28. The minimum Gasteiger partial charge on any atom is -0.170 e. The van der Waals surface area contributed by atoms with Crippen molar-refractivity contribution in [3.63, 3.8) is 0 Å². The standard InChI is InChI=1S/C12H21F3/c1-7-11(5,6)9(3)8(2)10(4)12(13,14)15/h10H,7H2,1-6H3/b9-8+. The Morgan fingerprint density at radius 1 is 1.13 bits per heavy atom. The molecule has 0 heterocycles. The fraction of sp³-hybridized carbons (Fsp3) is 0.833. The van der Waals surface area contributed by atoms with E-state index in [0.29, 0.717) is 5.57 Å². The molecular weight excluding hydrogens is 201 g/mol. The van der Waals surface area contributed by atoms with Crippen LogP contribution in [-0.4, -0.2) is 6.18 Å². The molecule has 0 aromatic carbocycles. The topological polar surface area (TPSA) is 0 Å². The van der Waals surface area contributed by atoms with Crippen LogP contribution in [0, 0.1) is 11.3 Å². The van der Waals surface area contributed by atoms with Gasteiger partial charge in [0.25, 0.3) is 0 Å². The fourth-order valence-electron chi connectivity index (χ4n) is 1.37. The largest absolute Gasteiger partial charge is 0.395 e. The molecule has 15 heavy (non-hydrogen) atoms. The van der Waals surface area contributed by atoms with E-state index >= 15 is 0 Å². The third kappa shape index (κ3) is 3.54. The molecule has 0 aromatic heterocycles. The molecule has 0 saturated carbocycles. The van der Waals surface area contributed by atoms with Crippen LogP contribution in [0.2, 0.25) is 0 Å². The molecule has 0 rings (SSSR count). The van der Waals surface area contributed by atoms with Gasteiger partial charge in [-0.1, -0.05) is 31.9 Å². The van der Waals surface area contributed by atoms with Crippen molar-refractivity contribution in [3.8, 4) is 0 Å². The third-order valence-corrected chi connectivity index (χ3v) is 3.63. The van der Waals surface area contributed by atoms with Gasteiger partial charge >= 0.3 is 6.18 Å². The highest BCUT2D eigenvalue weighted by atomic mass is 19.4. The first-order chi connectivity index (χ1) is 6.54. The summed E-state index contributed by atoms with van der Waals surface area (Å²) < 4.78 is 37.6. The van der Waals surface area contributed by atoms with Crippen LogP contribution in [0.4, 0.5) is 13.2 Å². The first kappa shape index (κ1) is 14.5. The average molecular weight is 222 g/mol. The van der Waals surface area contributed by atoms with E-state index in [1.165, 1.54) is 6.92 Å². The van der Waals surface area contributed by atoms with Crippen molar-refractivity contribution in [3.05, 3.63) is 11.1 Å². The summed E-state index contributed by atoms with van der Waals surface area (Å²) in [5, 5.41) is 0. The molecule has 3 heteroatoms. The summed E-state index contributed by atoms with van der Waals surface area (Å²) in [6.07, 6.45) is -3.28. The van der Waals surface area contributed by atoms with Crippen LogP contribution in [0.15, 0.2) is 11.1 Å². The lowest BCUT2D eigenvalue weighted by molar-refractivity contribution is -0.159. The van der Waals surface area contributed by atoms with Gasteiger partial charge in [0.05, 0.1) is 5.92 Å². The summed E-state index contributed by atoms with van der Waals surface area (Å²) >= 11 is 0. The Hall–Kier alpha value is -0.470. The molecule has 0 bridgehead atoms. The number of hydrogen-bond acceptors (Lipinski definition) is 0. The van der Waals surface area contributed by atoms with Crippen molar-refractivity contribution in [1.82, 2.24) is 0 Å². The first-order valence-corrected chi connectivity index (χ1v) is 5.28. The van der Waals surface area contributed by atoms with Gasteiger partial charge in [-0.15, -0.1) is 0 Å². The van der Waals surface area contributed by atoms with E-state index in [9.17, 15) is 13.2 Å². The predicted molar refractivity (Wildman–Crippen MR) is 57.7 cm³/mol. The molecule has 90 valence electrons. The Morgan fingerprint density at radius 3 is 1.80 bits per heavy atom. The molecule has 0 aliphatic rings. The van der Waals surface area contributed by atoms with Gasteiger partial charge in [-0.25, -0.2) is 0 Å². The second kappa shape index (κ2) is 4.58. The Morgan fingerprint density at radius 2 is 1.53 bits per heavy atom. The van der Waals surface area contributed by atoms with Crippen LogP contribution < -0.4 is 0 Å². The summed E-state index contributed by atoms with van der Waals surface area (Å²) in [5.74, 6) is -1.34. The Balaban J connectivity index is 5.12. The second-order valence-electron chi connectivity index (χ2n) is 4.81. The normalized spacial score (nSPS) is 17.4. The maximum absolute atomic E-state index is 12.5. The molecule has 0 spiro atoms. The molecule has 0 fully saturated rings. The molecule has 0 saturated heterocycles. The highest BCUT2D eigenvalue weighted by molar-refractivity contribution is 5.19. The van der Waals surface area contributed by atoms with Crippen LogP contribution in [0.25, 0.3) is 0 Å². The lowest BCUT2D eigenvalue weighted by Gasteiger charge is -2.29. The van der Waals surface area contributed by atoms with Gasteiger partial charge in [0.1, 0.15) is 0 Å². The molecule has 0 N–H and O–H groups in total. The molecule has 0 amide bonds. The summed E-state index contributed by atoms with van der Waals surface area (Å²) in [7, 11) is 0. The third-order valence-electron chi connectivity index (χ3n) is 3.63. The minimum atomic E-state index is -4.13. The zero-order valence-corrected chi connectivity index (χ0v) is 10.4. The van der Waals surface area contributed by atoms with E-state index in [1.54, 1.807) is 13.8 Å². The van der Waals surface area contributed by atoms with E-state index in [4.69, 9.17) is 0 Å². The van der Waals surface area contributed by atoms with Crippen LogP contribution in [0.3, 0.4) is 0 Å². The zero-order valence-electron chi connectivity index (χ0n) is 10.4. The molecular formula is C12H21F3. The maximum Gasteiger partial charge on any atom is 0.395 e. The minimum absolute atomic E-state index is 0.149. The van der Waals surface area contributed by atoms with Crippen molar-refractivity contribution in [2.24, 2.45) is 11.3 Å². The molecule has 0 aliphatic carbocycles. The Labute approximate surface area is 90.6 Å². The van der Waals surface area contributed by atoms with Crippen molar-refractivity contribution in [1.29, 1.82) is 0 Å². The lowest BCUT2D eigenvalue weighted by Crippen LogP contribution is -2.24. The number of alkyl halides is 3. The van der Waals surface area contributed by atoms with Gasteiger partial charge < -0.3 is 0 Å². The van der Waals surface area contributed by atoms with Gasteiger partial charge in [-0.05, 0) is 32.6 Å². The van der Waals surface area contributed by atoms with Crippen molar-refractivity contribution >= 4 is 0 Å². The molecule has 0 aromatic rings. The van der Waals surface area contributed by atoms with Gasteiger partial charge in [-0.3, -0.25) is 0 Å². The number of hydrogen-bond donors (Lipinski definition) is 0. The number of rotatable bonds is 3. The van der Waals surface area contributed by atoms with E-state index < -0.39 is 12.1 Å². The maximum atomic E-state index is 12.5. The zero-order chi connectivity index (χ0) is 12.4. The van der Waals surface area contributed by atoms with E-state index in [1.807, 2.05) is 20.8 Å². The van der Waals surface area contributed by atoms with Crippen LogP contribution in [-0.2, 0) is 0 Å². The number of halogens is 3. The van der Waals surface area contributed by atoms with Gasteiger partial charge in [-0.2, -0.15) is 13.2 Å². The molecule has 0 radical (unpaired) electrons. The summed E-state index contributed by atoms with van der Waals surface area (Å²) in [6.45, 7) is 10.6. The van der Waals surface area contributed by atoms with Gasteiger partial charge in [0.15, 0.2) is 0 Å². The van der Waals surface area contributed by atoms with E-state index in [2.05, 4.69) is 0 Å².